The molecule has 0 bridgehead atoms. The molecule has 0 aliphatic carbocycles. The maximum atomic E-state index is 11.6. The van der Waals surface area contributed by atoms with Crippen molar-refractivity contribution < 1.29 is 9.59 Å². The van der Waals surface area contributed by atoms with Gasteiger partial charge in [0.25, 0.3) is 11.8 Å². The van der Waals surface area contributed by atoms with E-state index in [1.807, 2.05) is 0 Å². The number of nitrogens with zero attached hydrogens (tertiary/aromatic N) is 1. The number of fused-ring (bicyclic) bond motifs is 1. The maximum Gasteiger partial charge on any atom is 0.259 e. The minimum absolute atomic E-state index is 0.00712. The Kier molecular flexibility index (Phi) is 3.75. The third-order valence-corrected chi connectivity index (χ3v) is 3.42. The molecular formula is C15H17N3O2. The first-order valence-corrected chi connectivity index (χ1v) is 6.53. The van der Waals surface area contributed by atoms with Gasteiger partial charge >= 0.3 is 0 Å². The van der Waals surface area contributed by atoms with E-state index in [1.54, 1.807) is 18.2 Å². The highest BCUT2D eigenvalue weighted by molar-refractivity contribution is 6.21. The molecule has 0 fully saturated rings. The van der Waals surface area contributed by atoms with Gasteiger partial charge in [0.15, 0.2) is 0 Å². The summed E-state index contributed by atoms with van der Waals surface area (Å²) in [7, 11) is 0. The summed E-state index contributed by atoms with van der Waals surface area (Å²) in [5.74, 6) is -0.691. The first-order chi connectivity index (χ1) is 9.43. The minimum Gasteiger partial charge on any atom is -0.384 e. The molecule has 2 amide bonds. The van der Waals surface area contributed by atoms with E-state index in [-0.39, 0.29) is 17.2 Å². The summed E-state index contributed by atoms with van der Waals surface area (Å²) in [4.78, 5) is 23.0. The largest absolute Gasteiger partial charge is 0.384 e. The summed E-state index contributed by atoms with van der Waals surface area (Å²) in [5.41, 5.74) is 1.63. The van der Waals surface area contributed by atoms with Crippen molar-refractivity contribution in [3.8, 4) is 6.07 Å². The molecule has 1 heterocycles. The highest BCUT2D eigenvalue weighted by atomic mass is 16.2. The van der Waals surface area contributed by atoms with Crippen LogP contribution in [0.1, 0.15) is 47.4 Å². The van der Waals surface area contributed by atoms with Gasteiger partial charge in [-0.15, -0.1) is 0 Å². The Balaban J connectivity index is 2.05. The van der Waals surface area contributed by atoms with Crippen LogP contribution in [-0.4, -0.2) is 18.4 Å². The summed E-state index contributed by atoms with van der Waals surface area (Å²) in [6.45, 7) is 4.87. The molecule has 2 N–H and O–H groups in total. The van der Waals surface area contributed by atoms with E-state index < -0.39 is 0 Å². The summed E-state index contributed by atoms with van der Waals surface area (Å²) in [6, 6.07) is 7.28. The van der Waals surface area contributed by atoms with Crippen LogP contribution in [0.25, 0.3) is 0 Å². The SMILES string of the molecule is CC(C)(CCC#N)CNc1ccc2c(c1)C(=O)NC2=O. The second-order valence-corrected chi connectivity index (χ2v) is 5.72. The Morgan fingerprint density at radius 1 is 1.25 bits per heavy atom. The fraction of sp³-hybridized carbons (Fsp3) is 0.400. The van der Waals surface area contributed by atoms with Crippen molar-refractivity contribution in [1.82, 2.24) is 5.32 Å². The Hall–Kier alpha value is -2.35. The lowest BCUT2D eigenvalue weighted by Gasteiger charge is -2.24. The lowest BCUT2D eigenvalue weighted by molar-refractivity contribution is 0.0879. The molecule has 0 spiro atoms. The standard InChI is InChI=1S/C15H17N3O2/c1-15(2,6-3-7-16)9-17-10-4-5-11-12(8-10)14(20)18-13(11)19/h4-5,8,17H,3,6,9H2,1-2H3,(H,18,19,20). The highest BCUT2D eigenvalue weighted by Crippen LogP contribution is 2.25. The number of amides is 2. The van der Waals surface area contributed by atoms with Gasteiger partial charge < -0.3 is 5.32 Å². The third-order valence-electron chi connectivity index (χ3n) is 3.42. The number of anilines is 1. The topological polar surface area (TPSA) is 82.0 Å². The predicted octanol–water partition coefficient (Wildman–Crippen LogP) is 2.31. The van der Waals surface area contributed by atoms with E-state index in [0.29, 0.717) is 24.1 Å². The highest BCUT2D eigenvalue weighted by Gasteiger charge is 2.26. The van der Waals surface area contributed by atoms with Gasteiger partial charge in [0.1, 0.15) is 0 Å². The van der Waals surface area contributed by atoms with Gasteiger partial charge in [0.2, 0.25) is 0 Å². The van der Waals surface area contributed by atoms with Crippen molar-refractivity contribution in [3.05, 3.63) is 29.3 Å². The Morgan fingerprint density at radius 2 is 1.95 bits per heavy atom. The third kappa shape index (κ3) is 2.97. The van der Waals surface area contributed by atoms with Crippen molar-refractivity contribution in [1.29, 1.82) is 5.26 Å². The summed E-state index contributed by atoms with van der Waals surface area (Å²) in [6.07, 6.45) is 1.33. The molecule has 1 aromatic carbocycles. The fourth-order valence-corrected chi connectivity index (χ4v) is 2.10. The average Bonchev–Trinajstić information content (AvgIpc) is 2.70. The molecule has 0 saturated carbocycles. The second kappa shape index (κ2) is 5.33. The van der Waals surface area contributed by atoms with Gasteiger partial charge in [0.05, 0.1) is 17.2 Å². The quantitative estimate of drug-likeness (QED) is 0.805. The van der Waals surface area contributed by atoms with Crippen molar-refractivity contribution in [3.63, 3.8) is 0 Å². The molecule has 5 nitrogen and oxygen atoms in total. The Bertz CT molecular complexity index is 600. The van der Waals surface area contributed by atoms with E-state index >= 15 is 0 Å². The number of rotatable bonds is 5. The molecule has 1 aliphatic heterocycles. The van der Waals surface area contributed by atoms with Crippen LogP contribution in [0.2, 0.25) is 0 Å². The normalized spacial score (nSPS) is 13.7. The summed E-state index contributed by atoms with van der Waals surface area (Å²) >= 11 is 0. The molecule has 0 aromatic heterocycles. The van der Waals surface area contributed by atoms with Gasteiger partial charge in [-0.05, 0) is 30.0 Å². The smallest absolute Gasteiger partial charge is 0.259 e. The van der Waals surface area contributed by atoms with Gasteiger partial charge in [-0.2, -0.15) is 5.26 Å². The Labute approximate surface area is 118 Å². The first-order valence-electron chi connectivity index (χ1n) is 6.53. The van der Waals surface area contributed by atoms with Crippen LogP contribution in [-0.2, 0) is 0 Å². The Morgan fingerprint density at radius 3 is 2.65 bits per heavy atom. The van der Waals surface area contributed by atoms with Crippen LogP contribution in [0, 0.1) is 16.7 Å². The number of nitrogens with one attached hydrogen (secondary N) is 2. The van der Waals surface area contributed by atoms with Gasteiger partial charge in [-0.1, -0.05) is 13.8 Å². The number of hydrogen-bond donors (Lipinski definition) is 2. The van der Waals surface area contributed by atoms with E-state index in [1.165, 1.54) is 0 Å². The molecule has 5 heteroatoms. The zero-order valence-electron chi connectivity index (χ0n) is 11.6. The number of carbonyl (C=O) groups excluding carboxylic acids is 2. The molecular weight excluding hydrogens is 254 g/mol. The monoisotopic (exact) mass is 271 g/mol. The van der Waals surface area contributed by atoms with Crippen LogP contribution in [0.5, 0.6) is 0 Å². The summed E-state index contributed by atoms with van der Waals surface area (Å²) in [5, 5.41) is 14.2. The lowest BCUT2D eigenvalue weighted by atomic mass is 9.88. The summed E-state index contributed by atoms with van der Waals surface area (Å²) < 4.78 is 0. The second-order valence-electron chi connectivity index (χ2n) is 5.72. The van der Waals surface area contributed by atoms with Gasteiger partial charge in [-0.3, -0.25) is 14.9 Å². The molecule has 20 heavy (non-hydrogen) atoms. The van der Waals surface area contributed by atoms with E-state index in [2.05, 4.69) is 30.6 Å². The lowest BCUT2D eigenvalue weighted by Crippen LogP contribution is -2.23. The van der Waals surface area contributed by atoms with E-state index in [9.17, 15) is 9.59 Å². The van der Waals surface area contributed by atoms with Crippen molar-refractivity contribution in [2.75, 3.05) is 11.9 Å². The van der Waals surface area contributed by atoms with Crippen LogP contribution >= 0.6 is 0 Å². The van der Waals surface area contributed by atoms with Crippen LogP contribution < -0.4 is 10.6 Å². The zero-order chi connectivity index (χ0) is 14.8. The minimum atomic E-state index is -0.350. The van der Waals surface area contributed by atoms with Crippen LogP contribution in [0.15, 0.2) is 18.2 Å². The maximum absolute atomic E-state index is 11.6. The van der Waals surface area contributed by atoms with E-state index in [4.69, 9.17) is 5.26 Å². The molecule has 2 rings (SSSR count). The number of hydrogen-bond acceptors (Lipinski definition) is 4. The van der Waals surface area contributed by atoms with Crippen LogP contribution in [0.3, 0.4) is 0 Å². The fourth-order valence-electron chi connectivity index (χ4n) is 2.10. The predicted molar refractivity (Wildman–Crippen MR) is 75.4 cm³/mol. The zero-order valence-corrected chi connectivity index (χ0v) is 11.6. The van der Waals surface area contributed by atoms with Crippen molar-refractivity contribution >= 4 is 17.5 Å². The van der Waals surface area contributed by atoms with Crippen LogP contribution in [0.4, 0.5) is 5.69 Å². The van der Waals surface area contributed by atoms with Crippen molar-refractivity contribution in [2.45, 2.75) is 26.7 Å². The molecule has 1 aliphatic rings. The molecule has 0 saturated heterocycles. The number of imide groups is 1. The van der Waals surface area contributed by atoms with E-state index in [0.717, 1.165) is 12.1 Å². The molecule has 0 unspecified atom stereocenters. The number of nitriles is 1. The number of carbonyl (C=O) groups is 2. The van der Waals surface area contributed by atoms with Gasteiger partial charge in [-0.25, -0.2) is 0 Å². The molecule has 1 aromatic rings. The molecule has 0 radical (unpaired) electrons. The average molecular weight is 271 g/mol. The van der Waals surface area contributed by atoms with Gasteiger partial charge in [0, 0.05) is 18.7 Å². The first kappa shape index (κ1) is 14.1. The molecule has 104 valence electrons. The van der Waals surface area contributed by atoms with Crippen molar-refractivity contribution in [2.24, 2.45) is 5.41 Å². The molecule has 0 atom stereocenters. The number of benzene rings is 1.